The fourth-order valence-electron chi connectivity index (χ4n) is 5.63. The number of hydrogen-bond acceptors (Lipinski definition) is 8. The van der Waals surface area contributed by atoms with Gasteiger partial charge in [-0.15, -0.1) is 0 Å². The van der Waals surface area contributed by atoms with E-state index in [1.807, 2.05) is 118 Å². The fourth-order valence-corrected chi connectivity index (χ4v) is 5.63. The number of likely N-dealkylation sites (N-methyl/N-ethyl adjacent to an activating group) is 1. The maximum atomic E-state index is 12.5. The highest BCUT2D eigenvalue weighted by Gasteiger charge is 2.19. The Kier molecular flexibility index (Phi) is 23.7. The predicted octanol–water partition coefficient (Wildman–Crippen LogP) is 5.94. The molecule has 13 nitrogen and oxygen atoms in total. The molecule has 2 unspecified atom stereocenters. The lowest BCUT2D eigenvalue weighted by molar-refractivity contribution is -0.138. The summed E-state index contributed by atoms with van der Waals surface area (Å²) in [6.45, 7) is 8.34. The van der Waals surface area contributed by atoms with Gasteiger partial charge < -0.3 is 42.0 Å². The standard InChI is InChI=1S/C23H29N3O6.C11H16N2O.C7H8O.C7H8/c1-15(16-6-7-18-12-19(32-2)9-8-17(18)11-16)22(30)24-10-4-3-5-20(26-14-27)23(31)25-13-21(28)29;1-2-13-11(14)10(12)8-9-6-4-3-5-7-9;1-6-2-4-7(8)5-3-6;1-7-5-3-2-4-6-7/h6-9,11-12,14-15,20H,3-5,10,13H2,1-2H3,(H,24,30)(H,25,31)(H,26,27)(H,28,29);3-7,10H,2,8,12H2,1H3,(H,13,14);2-5,8H,1H3;2-6H,1H3/t;10-;;/m.1../s1. The molecule has 61 heavy (non-hydrogen) atoms. The Hall–Kier alpha value is -6.73. The number of amides is 4. The second-order valence-electron chi connectivity index (χ2n) is 14.1. The Bertz CT molecular complexity index is 2040. The molecule has 0 radical (unpaired) electrons. The summed E-state index contributed by atoms with van der Waals surface area (Å²) in [6.07, 6.45) is 2.52. The number of aromatic hydroxyl groups is 1. The number of unbranched alkanes of at least 4 members (excludes halogenated alkanes) is 1. The van der Waals surface area contributed by atoms with Gasteiger partial charge in [0.15, 0.2) is 0 Å². The molecule has 8 N–H and O–H groups in total. The third-order valence-corrected chi connectivity index (χ3v) is 9.14. The molecule has 5 aromatic rings. The van der Waals surface area contributed by atoms with Gasteiger partial charge in [0.25, 0.3) is 0 Å². The number of methoxy groups -OCH3 is 1. The van der Waals surface area contributed by atoms with E-state index in [1.54, 1.807) is 19.2 Å². The van der Waals surface area contributed by atoms with E-state index in [9.17, 15) is 24.0 Å². The summed E-state index contributed by atoms with van der Waals surface area (Å²) < 4.78 is 5.23. The Morgan fingerprint density at radius 2 is 1.34 bits per heavy atom. The second-order valence-corrected chi connectivity index (χ2v) is 14.1. The first-order chi connectivity index (χ1) is 29.3. The molecule has 3 atom stereocenters. The number of phenols is 1. The zero-order chi connectivity index (χ0) is 45.0. The highest BCUT2D eigenvalue weighted by molar-refractivity contribution is 5.88. The van der Waals surface area contributed by atoms with E-state index in [1.165, 1.54) is 11.1 Å². The highest BCUT2D eigenvalue weighted by Crippen LogP contribution is 2.25. The fraction of sp³-hybridized carbons (Fsp3) is 0.312. The molecular formula is C48H61N5O8. The van der Waals surface area contributed by atoms with Gasteiger partial charge in [-0.25, -0.2) is 0 Å². The van der Waals surface area contributed by atoms with Gasteiger partial charge in [-0.05, 0) is 99.5 Å². The van der Waals surface area contributed by atoms with Crippen molar-refractivity contribution in [3.63, 3.8) is 0 Å². The van der Waals surface area contributed by atoms with Crippen molar-refractivity contribution in [3.8, 4) is 11.5 Å². The van der Waals surface area contributed by atoms with Crippen LogP contribution in [-0.2, 0) is 30.4 Å². The number of nitrogens with two attached hydrogens (primary N) is 1. The van der Waals surface area contributed by atoms with Crippen LogP contribution in [0.1, 0.15) is 61.3 Å². The summed E-state index contributed by atoms with van der Waals surface area (Å²) >= 11 is 0. The zero-order valence-electron chi connectivity index (χ0n) is 35.7. The monoisotopic (exact) mass is 835 g/mol. The minimum absolute atomic E-state index is 0.0867. The molecular weight excluding hydrogens is 775 g/mol. The van der Waals surface area contributed by atoms with Crippen LogP contribution < -0.4 is 31.7 Å². The lowest BCUT2D eigenvalue weighted by Crippen LogP contribution is -2.45. The average molecular weight is 836 g/mol. The van der Waals surface area contributed by atoms with E-state index in [2.05, 4.69) is 40.3 Å². The number of carbonyl (C=O) groups is 5. The van der Waals surface area contributed by atoms with Crippen molar-refractivity contribution in [1.82, 2.24) is 21.3 Å². The van der Waals surface area contributed by atoms with Gasteiger partial charge in [-0.1, -0.05) is 108 Å². The average Bonchev–Trinajstić information content (AvgIpc) is 3.26. The smallest absolute Gasteiger partial charge is 0.322 e. The van der Waals surface area contributed by atoms with Crippen LogP contribution in [0.5, 0.6) is 11.5 Å². The summed E-state index contributed by atoms with van der Waals surface area (Å²) in [7, 11) is 1.62. The van der Waals surface area contributed by atoms with Gasteiger partial charge in [-0.3, -0.25) is 24.0 Å². The summed E-state index contributed by atoms with van der Waals surface area (Å²) in [5.41, 5.74) is 10.2. The minimum Gasteiger partial charge on any atom is -0.508 e. The van der Waals surface area contributed by atoms with E-state index < -0.39 is 30.5 Å². The van der Waals surface area contributed by atoms with Gasteiger partial charge in [0.2, 0.25) is 24.1 Å². The molecule has 0 bridgehead atoms. The van der Waals surface area contributed by atoms with Crippen molar-refractivity contribution < 1.29 is 38.9 Å². The third kappa shape index (κ3) is 20.7. The Morgan fingerprint density at radius 1 is 0.738 bits per heavy atom. The molecule has 0 aliphatic carbocycles. The molecule has 0 aliphatic rings. The number of rotatable bonds is 17. The van der Waals surface area contributed by atoms with Crippen molar-refractivity contribution in [1.29, 1.82) is 0 Å². The number of nitrogens with one attached hydrogen (secondary N) is 4. The number of fused-ring (bicyclic) bond motifs is 1. The molecule has 0 saturated carbocycles. The van der Waals surface area contributed by atoms with Crippen LogP contribution in [0.4, 0.5) is 0 Å². The lowest BCUT2D eigenvalue weighted by atomic mass is 9.97. The van der Waals surface area contributed by atoms with Gasteiger partial charge in [0.05, 0.1) is 19.1 Å². The number of hydrogen-bond donors (Lipinski definition) is 7. The van der Waals surface area contributed by atoms with Gasteiger partial charge in [0.1, 0.15) is 24.1 Å². The van der Waals surface area contributed by atoms with Gasteiger partial charge in [0, 0.05) is 13.1 Å². The number of aliphatic carboxylic acids is 1. The first-order valence-corrected chi connectivity index (χ1v) is 20.2. The van der Waals surface area contributed by atoms with Crippen LogP contribution in [-0.4, -0.2) is 79.1 Å². The first kappa shape index (κ1) is 50.4. The molecule has 5 rings (SSSR count). The highest BCUT2D eigenvalue weighted by atomic mass is 16.5. The number of carboxylic acid groups (broad SMARTS) is 1. The molecule has 0 aliphatic heterocycles. The van der Waals surface area contributed by atoms with Gasteiger partial charge in [-0.2, -0.15) is 0 Å². The number of aryl methyl sites for hydroxylation is 2. The van der Waals surface area contributed by atoms with Crippen molar-refractivity contribution in [2.24, 2.45) is 5.73 Å². The van der Waals surface area contributed by atoms with E-state index in [-0.39, 0.29) is 17.7 Å². The van der Waals surface area contributed by atoms with Crippen LogP contribution in [0, 0.1) is 13.8 Å². The van der Waals surface area contributed by atoms with Crippen LogP contribution in [0.15, 0.2) is 121 Å². The topological polar surface area (TPSA) is 209 Å². The van der Waals surface area contributed by atoms with E-state index in [0.29, 0.717) is 50.9 Å². The number of benzene rings is 5. The van der Waals surface area contributed by atoms with Crippen molar-refractivity contribution in [2.75, 3.05) is 26.7 Å². The molecule has 13 heteroatoms. The number of carboxylic acids is 1. The number of phenolic OH excluding ortho intramolecular Hbond substituents is 1. The minimum atomic E-state index is -1.16. The molecule has 0 aromatic heterocycles. The van der Waals surface area contributed by atoms with Crippen molar-refractivity contribution in [2.45, 2.75) is 71.4 Å². The summed E-state index contributed by atoms with van der Waals surface area (Å²) in [5.74, 6) is -1.11. The van der Waals surface area contributed by atoms with E-state index >= 15 is 0 Å². The molecule has 326 valence electrons. The molecule has 0 heterocycles. The lowest BCUT2D eigenvalue weighted by Gasteiger charge is -2.16. The number of ether oxygens (including phenoxy) is 1. The molecule has 0 fully saturated rings. The largest absolute Gasteiger partial charge is 0.508 e. The summed E-state index contributed by atoms with van der Waals surface area (Å²) in [5, 5.41) is 29.7. The maximum absolute atomic E-state index is 12.5. The second kappa shape index (κ2) is 28.7. The molecule has 0 saturated heterocycles. The normalized spacial score (nSPS) is 11.5. The van der Waals surface area contributed by atoms with Gasteiger partial charge >= 0.3 is 5.97 Å². The molecule has 0 spiro atoms. The molecule has 4 amide bonds. The molecule has 5 aromatic carbocycles. The van der Waals surface area contributed by atoms with Crippen molar-refractivity contribution in [3.05, 3.63) is 144 Å². The SMILES string of the molecule is CCNC(=O)[C@H](N)Cc1ccccc1.COc1ccc2cc(C(C)C(=O)NCCCCC(NC=O)C(=O)NCC(=O)O)ccc2c1.Cc1ccc(O)cc1.Cc1ccccc1. The van der Waals surface area contributed by atoms with E-state index in [0.717, 1.165) is 27.6 Å². The Balaban J connectivity index is 0.000000355. The van der Waals surface area contributed by atoms with Crippen LogP contribution >= 0.6 is 0 Å². The quantitative estimate of drug-likeness (QED) is 0.0436. The summed E-state index contributed by atoms with van der Waals surface area (Å²) in [4.78, 5) is 57.0. The first-order valence-electron chi connectivity index (χ1n) is 20.2. The zero-order valence-corrected chi connectivity index (χ0v) is 35.7. The Morgan fingerprint density at radius 3 is 1.90 bits per heavy atom. The van der Waals surface area contributed by atoms with Crippen LogP contribution in [0.25, 0.3) is 10.8 Å². The predicted molar refractivity (Wildman–Crippen MR) is 240 cm³/mol. The number of carbonyl (C=O) groups excluding carboxylic acids is 4. The Labute approximate surface area is 359 Å². The summed E-state index contributed by atoms with van der Waals surface area (Å²) in [6, 6.07) is 37.5. The van der Waals surface area contributed by atoms with E-state index in [4.69, 9.17) is 20.7 Å². The van der Waals surface area contributed by atoms with Crippen molar-refractivity contribution >= 4 is 40.9 Å². The van der Waals surface area contributed by atoms with Crippen LogP contribution in [0.2, 0.25) is 0 Å². The maximum Gasteiger partial charge on any atom is 0.322 e. The third-order valence-electron chi connectivity index (χ3n) is 9.14. The van der Waals surface area contributed by atoms with Crippen LogP contribution in [0.3, 0.4) is 0 Å².